The van der Waals surface area contributed by atoms with Crippen molar-refractivity contribution in [3.05, 3.63) is 47.5 Å². The number of hydrazone groups is 1. The van der Waals surface area contributed by atoms with Crippen LogP contribution in [0.3, 0.4) is 0 Å². The number of nitrogens with zero attached hydrogens (tertiary/aromatic N) is 2. The van der Waals surface area contributed by atoms with Gasteiger partial charge in [-0.2, -0.15) is 10.1 Å². The zero-order valence-corrected chi connectivity index (χ0v) is 12.3. The predicted molar refractivity (Wildman–Crippen MR) is 79.7 cm³/mol. The smallest absolute Gasteiger partial charge is 0.276 e. The van der Waals surface area contributed by atoms with Gasteiger partial charge in [0, 0.05) is 16.3 Å². The first-order valence-corrected chi connectivity index (χ1v) is 6.74. The molecular weight excluding hydrogens is 276 g/mol. The van der Waals surface area contributed by atoms with Crippen LogP contribution in [0.15, 0.2) is 42.0 Å². The molecule has 0 unspecified atom stereocenters. The van der Waals surface area contributed by atoms with Gasteiger partial charge in [0.25, 0.3) is 5.91 Å². The molecule has 0 aromatic heterocycles. The van der Waals surface area contributed by atoms with Gasteiger partial charge in [-0.05, 0) is 44.5 Å². The van der Waals surface area contributed by atoms with E-state index in [1.165, 1.54) is 0 Å². The monoisotopic (exact) mass is 292 g/mol. The molecule has 1 aromatic carbocycles. The highest BCUT2D eigenvalue weighted by molar-refractivity contribution is 6.30. The van der Waals surface area contributed by atoms with E-state index in [1.807, 2.05) is 0 Å². The maximum absolute atomic E-state index is 12.5. The lowest BCUT2D eigenvalue weighted by atomic mass is 9.90. The van der Waals surface area contributed by atoms with E-state index in [1.54, 1.807) is 44.2 Å². The fourth-order valence-electron chi connectivity index (χ4n) is 2.40. The molecule has 0 aliphatic carbocycles. The summed E-state index contributed by atoms with van der Waals surface area (Å²) in [5.41, 5.74) is -0.197. The fraction of sp³-hybridized carbons (Fsp3) is 0.333. The Labute approximate surface area is 123 Å². The maximum Gasteiger partial charge on any atom is 0.276 e. The molecule has 2 rings (SSSR count). The second-order valence-electron chi connectivity index (χ2n) is 5.04. The van der Waals surface area contributed by atoms with Crippen LogP contribution in [0.4, 0.5) is 0 Å². The van der Waals surface area contributed by atoms with Gasteiger partial charge in [-0.25, -0.2) is 0 Å². The summed E-state index contributed by atoms with van der Waals surface area (Å²) < 4.78 is 0. The minimum Gasteiger partial charge on any atom is -0.369 e. The molecule has 20 heavy (non-hydrogen) atoms. The van der Waals surface area contributed by atoms with E-state index in [9.17, 15) is 9.90 Å². The van der Waals surface area contributed by atoms with Gasteiger partial charge in [-0.1, -0.05) is 17.7 Å². The largest absolute Gasteiger partial charge is 0.369 e. The first-order valence-electron chi connectivity index (χ1n) is 6.36. The number of aliphatic hydroxyl groups is 1. The lowest BCUT2D eigenvalue weighted by molar-refractivity contribution is -0.0818. The Hall–Kier alpha value is -1.65. The van der Waals surface area contributed by atoms with Crippen molar-refractivity contribution in [1.29, 1.82) is 0 Å². The summed E-state index contributed by atoms with van der Waals surface area (Å²) >= 11 is 5.81. The van der Waals surface area contributed by atoms with Crippen molar-refractivity contribution in [3.8, 4) is 0 Å². The summed E-state index contributed by atoms with van der Waals surface area (Å²) in [5.74, 6) is -0.589. The lowest BCUT2D eigenvalue weighted by Gasteiger charge is -2.32. The number of allylic oxidation sites excluding steroid dienone is 1. The quantitative estimate of drug-likeness (QED) is 0.871. The van der Waals surface area contributed by atoms with Crippen molar-refractivity contribution in [3.63, 3.8) is 0 Å². The molecule has 2 atom stereocenters. The summed E-state index contributed by atoms with van der Waals surface area (Å²) in [4.78, 5) is 12.5. The molecule has 0 bridgehead atoms. The summed E-state index contributed by atoms with van der Waals surface area (Å²) in [5, 5.41) is 16.5. The van der Waals surface area contributed by atoms with E-state index in [0.29, 0.717) is 17.0 Å². The van der Waals surface area contributed by atoms with Crippen LogP contribution in [0, 0.1) is 5.92 Å². The third-order valence-corrected chi connectivity index (χ3v) is 3.79. The molecule has 0 saturated carbocycles. The van der Waals surface area contributed by atoms with E-state index in [4.69, 9.17) is 11.6 Å². The number of carbonyl (C=O) groups is 1. The normalized spacial score (nSPS) is 25.5. The molecule has 0 fully saturated rings. The Bertz CT molecular complexity index is 564. The lowest BCUT2D eigenvalue weighted by Crippen LogP contribution is -2.48. The molecule has 5 heteroatoms. The van der Waals surface area contributed by atoms with Crippen molar-refractivity contribution in [1.82, 2.24) is 5.01 Å². The van der Waals surface area contributed by atoms with Gasteiger partial charge in [0.15, 0.2) is 5.72 Å². The summed E-state index contributed by atoms with van der Waals surface area (Å²) in [6, 6.07) is 6.51. The van der Waals surface area contributed by atoms with Crippen molar-refractivity contribution < 1.29 is 9.90 Å². The van der Waals surface area contributed by atoms with Gasteiger partial charge in [-0.3, -0.25) is 4.79 Å². The SMILES string of the molecule is C=CC[C@@H]1C(C)=NN(C(=O)c2ccc(Cl)cc2)[C@@]1(C)O. The second kappa shape index (κ2) is 5.38. The van der Waals surface area contributed by atoms with Crippen LogP contribution in [0.1, 0.15) is 30.6 Å². The van der Waals surface area contributed by atoms with Crippen molar-refractivity contribution in [2.24, 2.45) is 11.0 Å². The van der Waals surface area contributed by atoms with Crippen LogP contribution in [-0.4, -0.2) is 27.5 Å². The number of amides is 1. The zero-order valence-electron chi connectivity index (χ0n) is 11.5. The van der Waals surface area contributed by atoms with Gasteiger partial charge in [0.2, 0.25) is 0 Å². The van der Waals surface area contributed by atoms with Gasteiger partial charge >= 0.3 is 0 Å². The number of carbonyl (C=O) groups excluding carboxylic acids is 1. The Kier molecular flexibility index (Phi) is 3.97. The second-order valence-corrected chi connectivity index (χ2v) is 5.47. The van der Waals surface area contributed by atoms with Crippen LogP contribution < -0.4 is 0 Å². The van der Waals surface area contributed by atoms with Crippen LogP contribution in [0.2, 0.25) is 5.02 Å². The molecule has 0 saturated heterocycles. The average Bonchev–Trinajstić information content (AvgIpc) is 2.62. The fourth-order valence-corrected chi connectivity index (χ4v) is 2.52. The first-order chi connectivity index (χ1) is 9.37. The maximum atomic E-state index is 12.5. The molecule has 1 heterocycles. The molecule has 0 spiro atoms. The van der Waals surface area contributed by atoms with E-state index < -0.39 is 5.72 Å². The molecule has 1 N–H and O–H groups in total. The number of hydrogen-bond donors (Lipinski definition) is 1. The first kappa shape index (κ1) is 14.8. The minimum absolute atomic E-state index is 0.240. The minimum atomic E-state index is -1.35. The molecule has 1 aromatic rings. The average molecular weight is 293 g/mol. The van der Waals surface area contributed by atoms with Gasteiger partial charge in [-0.15, -0.1) is 6.58 Å². The molecule has 1 amide bonds. The van der Waals surface area contributed by atoms with E-state index >= 15 is 0 Å². The number of halogens is 1. The van der Waals surface area contributed by atoms with Crippen LogP contribution in [0.5, 0.6) is 0 Å². The van der Waals surface area contributed by atoms with Crippen LogP contribution in [0.25, 0.3) is 0 Å². The van der Waals surface area contributed by atoms with Crippen LogP contribution in [-0.2, 0) is 0 Å². The third kappa shape index (κ3) is 2.49. The van der Waals surface area contributed by atoms with Gasteiger partial charge < -0.3 is 5.11 Å². The summed E-state index contributed by atoms with van der Waals surface area (Å²) in [6.45, 7) is 7.07. The molecule has 1 aliphatic heterocycles. The number of benzene rings is 1. The summed E-state index contributed by atoms with van der Waals surface area (Å²) in [6.07, 6.45) is 2.28. The zero-order chi connectivity index (χ0) is 14.9. The van der Waals surface area contributed by atoms with E-state index in [2.05, 4.69) is 11.7 Å². The molecule has 106 valence electrons. The van der Waals surface area contributed by atoms with Crippen molar-refractivity contribution in [2.45, 2.75) is 26.0 Å². The summed E-state index contributed by atoms with van der Waals surface area (Å²) in [7, 11) is 0. The van der Waals surface area contributed by atoms with Crippen molar-refractivity contribution in [2.75, 3.05) is 0 Å². The molecule has 1 aliphatic rings. The highest BCUT2D eigenvalue weighted by atomic mass is 35.5. The predicted octanol–water partition coefficient (Wildman–Crippen LogP) is 3.07. The Morgan fingerprint density at radius 3 is 2.70 bits per heavy atom. The Balaban J connectivity index is 2.31. The molecular formula is C15H17ClN2O2. The number of rotatable bonds is 3. The van der Waals surface area contributed by atoms with Crippen molar-refractivity contribution >= 4 is 23.2 Å². The van der Waals surface area contributed by atoms with Gasteiger partial charge in [0.1, 0.15) is 0 Å². The van der Waals surface area contributed by atoms with Gasteiger partial charge in [0.05, 0.1) is 5.92 Å². The van der Waals surface area contributed by atoms with Crippen LogP contribution >= 0.6 is 11.6 Å². The standard InChI is InChI=1S/C15H17ClN2O2/c1-4-5-13-10(2)17-18(15(13,3)20)14(19)11-6-8-12(16)9-7-11/h4,6-9,13,20H,1,5H2,2-3H3/t13-,15+/m1/s1. The third-order valence-electron chi connectivity index (χ3n) is 3.54. The highest BCUT2D eigenvalue weighted by Crippen LogP contribution is 2.34. The molecule has 0 radical (unpaired) electrons. The van der Waals surface area contributed by atoms with E-state index in [0.717, 1.165) is 10.7 Å². The molecule has 4 nitrogen and oxygen atoms in total. The van der Waals surface area contributed by atoms with E-state index in [-0.39, 0.29) is 11.8 Å². The Morgan fingerprint density at radius 2 is 2.15 bits per heavy atom. The topological polar surface area (TPSA) is 52.9 Å². The Morgan fingerprint density at radius 1 is 1.55 bits per heavy atom. The number of hydrogen-bond acceptors (Lipinski definition) is 3. The highest BCUT2D eigenvalue weighted by Gasteiger charge is 2.47.